The standard InChI is InChI=1S/C16H16ClN3O2S/c17-12-3-1-4-13(11-12)19-6-8-20(9-7-19)16(22)18-15(21)14-5-2-10-23-14/h1-5,10-11H,6-9H2,(H,18,21,22). The Kier molecular flexibility index (Phi) is 4.83. The zero-order chi connectivity index (χ0) is 16.2. The molecule has 0 unspecified atom stereocenters. The molecular weight excluding hydrogens is 334 g/mol. The highest BCUT2D eigenvalue weighted by atomic mass is 35.5. The van der Waals surface area contributed by atoms with Crippen LogP contribution in [0.25, 0.3) is 0 Å². The van der Waals surface area contributed by atoms with Gasteiger partial charge in [0.2, 0.25) is 0 Å². The number of urea groups is 1. The lowest BCUT2D eigenvalue weighted by molar-refractivity contribution is 0.0955. The Bertz CT molecular complexity index is 697. The fourth-order valence-corrected chi connectivity index (χ4v) is 3.29. The Labute approximate surface area is 143 Å². The van der Waals surface area contributed by atoms with E-state index in [1.165, 1.54) is 11.3 Å². The van der Waals surface area contributed by atoms with Crippen LogP contribution in [0.3, 0.4) is 0 Å². The summed E-state index contributed by atoms with van der Waals surface area (Å²) in [6, 6.07) is 10.8. The first kappa shape index (κ1) is 15.8. The summed E-state index contributed by atoms with van der Waals surface area (Å²) in [4.78, 5) is 28.4. The molecule has 1 saturated heterocycles. The lowest BCUT2D eigenvalue weighted by Crippen LogP contribution is -2.52. The SMILES string of the molecule is O=C(NC(=O)N1CCN(c2cccc(Cl)c2)CC1)c1cccs1. The number of nitrogens with zero attached hydrogens (tertiary/aromatic N) is 2. The second-order valence-corrected chi connectivity index (χ2v) is 6.57. The van der Waals surface area contributed by atoms with Gasteiger partial charge < -0.3 is 9.80 Å². The number of imide groups is 1. The normalized spacial score (nSPS) is 14.7. The predicted molar refractivity (Wildman–Crippen MR) is 92.4 cm³/mol. The number of benzene rings is 1. The Morgan fingerprint density at radius 2 is 1.87 bits per heavy atom. The first-order valence-electron chi connectivity index (χ1n) is 7.28. The van der Waals surface area contributed by atoms with E-state index in [1.807, 2.05) is 29.6 Å². The number of amides is 3. The van der Waals surface area contributed by atoms with Crippen LogP contribution in [-0.4, -0.2) is 43.0 Å². The molecule has 0 aliphatic carbocycles. The average molecular weight is 350 g/mol. The third-order valence-corrected chi connectivity index (χ3v) is 4.81. The highest BCUT2D eigenvalue weighted by Gasteiger charge is 2.23. The van der Waals surface area contributed by atoms with Gasteiger partial charge in [0.05, 0.1) is 4.88 Å². The molecule has 1 aliphatic heterocycles. The van der Waals surface area contributed by atoms with Gasteiger partial charge in [-0.15, -0.1) is 11.3 Å². The Morgan fingerprint density at radius 1 is 1.09 bits per heavy atom. The minimum atomic E-state index is -0.345. The number of nitrogens with one attached hydrogen (secondary N) is 1. The molecule has 0 saturated carbocycles. The molecule has 0 bridgehead atoms. The van der Waals surface area contributed by atoms with E-state index in [0.717, 1.165) is 5.69 Å². The Hall–Kier alpha value is -2.05. The van der Waals surface area contributed by atoms with Crippen LogP contribution in [0.2, 0.25) is 5.02 Å². The zero-order valence-corrected chi connectivity index (χ0v) is 13.9. The first-order chi connectivity index (χ1) is 11.1. The van der Waals surface area contributed by atoms with Gasteiger partial charge in [0.1, 0.15) is 0 Å². The van der Waals surface area contributed by atoms with Gasteiger partial charge in [-0.25, -0.2) is 4.79 Å². The van der Waals surface area contributed by atoms with Crippen molar-refractivity contribution in [3.8, 4) is 0 Å². The minimum absolute atomic E-state index is 0.339. The number of rotatable bonds is 2. The van der Waals surface area contributed by atoms with Gasteiger partial charge >= 0.3 is 6.03 Å². The molecule has 1 N–H and O–H groups in total. The molecular formula is C16H16ClN3O2S. The number of carbonyl (C=O) groups is 2. The molecule has 1 aromatic carbocycles. The van der Waals surface area contributed by atoms with E-state index in [0.29, 0.717) is 36.1 Å². The molecule has 1 aliphatic rings. The summed E-state index contributed by atoms with van der Waals surface area (Å²) < 4.78 is 0. The van der Waals surface area contributed by atoms with E-state index < -0.39 is 0 Å². The van der Waals surface area contributed by atoms with Crippen LogP contribution in [0, 0.1) is 0 Å². The van der Waals surface area contributed by atoms with Crippen molar-refractivity contribution in [2.45, 2.75) is 0 Å². The number of halogens is 1. The maximum absolute atomic E-state index is 12.2. The number of thiophene rings is 1. The van der Waals surface area contributed by atoms with Gasteiger partial charge in [0.15, 0.2) is 0 Å². The number of piperazine rings is 1. The minimum Gasteiger partial charge on any atom is -0.368 e. The van der Waals surface area contributed by atoms with Gasteiger partial charge in [-0.3, -0.25) is 10.1 Å². The highest BCUT2D eigenvalue weighted by Crippen LogP contribution is 2.20. The van der Waals surface area contributed by atoms with Gasteiger partial charge in [0, 0.05) is 36.9 Å². The van der Waals surface area contributed by atoms with E-state index >= 15 is 0 Å². The number of hydrogen-bond acceptors (Lipinski definition) is 4. The maximum Gasteiger partial charge on any atom is 0.324 e. The molecule has 7 heteroatoms. The zero-order valence-electron chi connectivity index (χ0n) is 12.4. The summed E-state index contributed by atoms with van der Waals surface area (Å²) in [5.41, 5.74) is 1.05. The van der Waals surface area contributed by atoms with Gasteiger partial charge in [0.25, 0.3) is 5.91 Å². The molecule has 120 valence electrons. The Balaban J connectivity index is 1.54. The maximum atomic E-state index is 12.2. The monoisotopic (exact) mass is 349 g/mol. The summed E-state index contributed by atoms with van der Waals surface area (Å²) in [6.45, 7) is 2.55. The molecule has 0 atom stereocenters. The van der Waals surface area contributed by atoms with Crippen LogP contribution < -0.4 is 10.2 Å². The van der Waals surface area contributed by atoms with Crippen LogP contribution in [-0.2, 0) is 0 Å². The van der Waals surface area contributed by atoms with Gasteiger partial charge in [-0.2, -0.15) is 0 Å². The van der Waals surface area contributed by atoms with Crippen LogP contribution in [0.15, 0.2) is 41.8 Å². The van der Waals surface area contributed by atoms with E-state index in [-0.39, 0.29) is 11.9 Å². The van der Waals surface area contributed by atoms with Crippen molar-refractivity contribution < 1.29 is 9.59 Å². The topological polar surface area (TPSA) is 52.7 Å². The fraction of sp³-hybridized carbons (Fsp3) is 0.250. The second kappa shape index (κ2) is 7.02. The van der Waals surface area contributed by atoms with Crippen molar-refractivity contribution in [1.29, 1.82) is 0 Å². The second-order valence-electron chi connectivity index (χ2n) is 5.19. The van der Waals surface area contributed by atoms with Crippen LogP contribution in [0.5, 0.6) is 0 Å². The van der Waals surface area contributed by atoms with Gasteiger partial charge in [-0.05, 0) is 29.6 Å². The fourth-order valence-electron chi connectivity index (χ4n) is 2.49. The predicted octanol–water partition coefficient (Wildman–Crippen LogP) is 3.07. The van der Waals surface area contributed by atoms with Crippen LogP contribution in [0.4, 0.5) is 10.5 Å². The molecule has 0 spiro atoms. The quantitative estimate of drug-likeness (QED) is 0.906. The van der Waals surface area contributed by atoms with Gasteiger partial charge in [-0.1, -0.05) is 23.7 Å². The molecule has 2 heterocycles. The first-order valence-corrected chi connectivity index (χ1v) is 8.53. The summed E-state index contributed by atoms with van der Waals surface area (Å²) in [7, 11) is 0. The van der Waals surface area contributed by atoms with Crippen molar-refractivity contribution in [2.24, 2.45) is 0 Å². The van der Waals surface area contributed by atoms with Crippen molar-refractivity contribution in [2.75, 3.05) is 31.1 Å². The molecule has 1 fully saturated rings. The molecule has 23 heavy (non-hydrogen) atoms. The van der Waals surface area contributed by atoms with Crippen molar-refractivity contribution in [1.82, 2.24) is 10.2 Å². The van der Waals surface area contributed by atoms with Crippen LogP contribution in [0.1, 0.15) is 9.67 Å². The number of carbonyl (C=O) groups excluding carboxylic acids is 2. The van der Waals surface area contributed by atoms with Crippen LogP contribution >= 0.6 is 22.9 Å². The van der Waals surface area contributed by atoms with Crippen molar-refractivity contribution >= 4 is 40.6 Å². The van der Waals surface area contributed by atoms with E-state index in [9.17, 15) is 9.59 Å². The highest BCUT2D eigenvalue weighted by molar-refractivity contribution is 7.12. The summed E-state index contributed by atoms with van der Waals surface area (Å²) in [5, 5.41) is 4.94. The molecule has 3 rings (SSSR count). The average Bonchev–Trinajstić information content (AvgIpc) is 3.09. The summed E-state index contributed by atoms with van der Waals surface area (Å²) >= 11 is 7.33. The van der Waals surface area contributed by atoms with E-state index in [1.54, 1.807) is 17.0 Å². The third-order valence-electron chi connectivity index (χ3n) is 3.71. The molecule has 2 aromatic rings. The third kappa shape index (κ3) is 3.83. The van der Waals surface area contributed by atoms with E-state index in [4.69, 9.17) is 11.6 Å². The lowest BCUT2D eigenvalue weighted by Gasteiger charge is -2.35. The van der Waals surface area contributed by atoms with E-state index in [2.05, 4.69) is 10.2 Å². The van der Waals surface area contributed by atoms with Crippen molar-refractivity contribution in [3.63, 3.8) is 0 Å². The van der Waals surface area contributed by atoms with Crippen molar-refractivity contribution in [3.05, 3.63) is 51.7 Å². The molecule has 0 radical (unpaired) electrons. The lowest BCUT2D eigenvalue weighted by atomic mass is 10.2. The largest absolute Gasteiger partial charge is 0.368 e. The smallest absolute Gasteiger partial charge is 0.324 e. The molecule has 3 amide bonds. The molecule has 1 aromatic heterocycles. The number of hydrogen-bond donors (Lipinski definition) is 1. The summed E-state index contributed by atoms with van der Waals surface area (Å²) in [5.74, 6) is -0.345. The Morgan fingerprint density at radius 3 is 2.52 bits per heavy atom. The number of anilines is 1. The summed E-state index contributed by atoms with van der Waals surface area (Å²) in [6.07, 6.45) is 0. The molecule has 5 nitrogen and oxygen atoms in total.